The molecule has 0 aliphatic heterocycles. The van der Waals surface area contributed by atoms with Crippen molar-refractivity contribution < 1.29 is 23.8 Å². The minimum absolute atomic E-state index is 0.0433. The first-order chi connectivity index (χ1) is 17.5. The second-order valence-corrected chi connectivity index (χ2v) is 7.51. The SMILES string of the molecule is CCOc1cc(/C=C(\C#N)C(=O)NCc2ccccc2)ccc1OCC(=O)Nc1ccccc1OC. The van der Waals surface area contributed by atoms with Gasteiger partial charge >= 0.3 is 0 Å². The number of amides is 2. The van der Waals surface area contributed by atoms with Gasteiger partial charge in [0.15, 0.2) is 18.1 Å². The van der Waals surface area contributed by atoms with E-state index in [1.165, 1.54) is 13.2 Å². The highest BCUT2D eigenvalue weighted by molar-refractivity contribution is 6.01. The Morgan fingerprint density at radius 2 is 1.69 bits per heavy atom. The number of anilines is 1. The summed E-state index contributed by atoms with van der Waals surface area (Å²) in [4.78, 5) is 24.9. The van der Waals surface area contributed by atoms with Gasteiger partial charge in [-0.25, -0.2) is 0 Å². The van der Waals surface area contributed by atoms with E-state index < -0.39 is 5.91 Å². The fourth-order valence-electron chi connectivity index (χ4n) is 3.27. The van der Waals surface area contributed by atoms with Crippen molar-refractivity contribution in [1.82, 2.24) is 5.32 Å². The Morgan fingerprint density at radius 3 is 2.42 bits per heavy atom. The molecule has 8 nitrogen and oxygen atoms in total. The molecular weight excluding hydrogens is 458 g/mol. The van der Waals surface area contributed by atoms with Crippen LogP contribution in [0.25, 0.3) is 6.08 Å². The van der Waals surface area contributed by atoms with E-state index in [1.54, 1.807) is 42.5 Å². The van der Waals surface area contributed by atoms with Gasteiger partial charge < -0.3 is 24.8 Å². The fourth-order valence-corrected chi connectivity index (χ4v) is 3.27. The average molecular weight is 486 g/mol. The summed E-state index contributed by atoms with van der Waals surface area (Å²) in [6.45, 7) is 2.24. The quantitative estimate of drug-likeness (QED) is 0.309. The maximum absolute atomic E-state index is 12.5. The third-order valence-electron chi connectivity index (χ3n) is 4.98. The van der Waals surface area contributed by atoms with E-state index in [4.69, 9.17) is 14.2 Å². The zero-order valence-electron chi connectivity index (χ0n) is 20.1. The minimum Gasteiger partial charge on any atom is -0.495 e. The third kappa shape index (κ3) is 7.37. The first kappa shape index (κ1) is 25.8. The number of methoxy groups -OCH3 is 1. The smallest absolute Gasteiger partial charge is 0.262 e. The van der Waals surface area contributed by atoms with E-state index in [2.05, 4.69) is 10.6 Å². The predicted octanol–water partition coefficient (Wildman–Crippen LogP) is 4.33. The number of hydrogen-bond donors (Lipinski definition) is 2. The summed E-state index contributed by atoms with van der Waals surface area (Å²) in [5.41, 5.74) is 2.00. The Balaban J connectivity index is 1.67. The lowest BCUT2D eigenvalue weighted by molar-refractivity contribution is -0.118. The molecule has 0 aliphatic rings. The van der Waals surface area contributed by atoms with Crippen molar-refractivity contribution in [3.05, 3.63) is 89.5 Å². The molecule has 0 saturated carbocycles. The van der Waals surface area contributed by atoms with Crippen molar-refractivity contribution in [2.75, 3.05) is 25.6 Å². The van der Waals surface area contributed by atoms with Crippen LogP contribution >= 0.6 is 0 Å². The summed E-state index contributed by atoms with van der Waals surface area (Å²) in [6.07, 6.45) is 1.47. The lowest BCUT2D eigenvalue weighted by Gasteiger charge is -2.14. The van der Waals surface area contributed by atoms with Crippen molar-refractivity contribution >= 4 is 23.6 Å². The number of carbonyl (C=O) groups excluding carboxylic acids is 2. The normalized spacial score (nSPS) is 10.6. The van der Waals surface area contributed by atoms with E-state index in [0.717, 1.165) is 5.56 Å². The Bertz CT molecular complexity index is 1270. The molecule has 0 radical (unpaired) electrons. The number of nitrogens with one attached hydrogen (secondary N) is 2. The maximum atomic E-state index is 12.5. The summed E-state index contributed by atoms with van der Waals surface area (Å²) < 4.78 is 16.6. The first-order valence-electron chi connectivity index (χ1n) is 11.3. The summed E-state index contributed by atoms with van der Waals surface area (Å²) in [5.74, 6) is 0.438. The predicted molar refractivity (Wildman–Crippen MR) is 137 cm³/mol. The molecule has 0 aliphatic carbocycles. The highest BCUT2D eigenvalue weighted by Gasteiger charge is 2.13. The van der Waals surface area contributed by atoms with Crippen molar-refractivity contribution in [3.8, 4) is 23.3 Å². The molecule has 0 heterocycles. The van der Waals surface area contributed by atoms with Crippen LogP contribution in [0.1, 0.15) is 18.1 Å². The summed E-state index contributed by atoms with van der Waals surface area (Å²) >= 11 is 0. The molecule has 3 aromatic carbocycles. The Labute approximate surface area is 210 Å². The van der Waals surface area contributed by atoms with Gasteiger partial charge in [-0.05, 0) is 48.4 Å². The number of rotatable bonds is 11. The zero-order chi connectivity index (χ0) is 25.8. The molecule has 0 aromatic heterocycles. The van der Waals surface area contributed by atoms with Crippen LogP contribution in [0.15, 0.2) is 78.4 Å². The van der Waals surface area contributed by atoms with Crippen LogP contribution < -0.4 is 24.8 Å². The topological polar surface area (TPSA) is 110 Å². The van der Waals surface area contributed by atoms with Gasteiger partial charge in [-0.1, -0.05) is 48.5 Å². The van der Waals surface area contributed by atoms with Crippen LogP contribution in [-0.2, 0) is 16.1 Å². The number of benzene rings is 3. The van der Waals surface area contributed by atoms with Gasteiger partial charge in [-0.15, -0.1) is 0 Å². The van der Waals surface area contributed by atoms with Gasteiger partial charge in [0.2, 0.25) is 0 Å². The van der Waals surface area contributed by atoms with Crippen LogP contribution in [-0.4, -0.2) is 32.1 Å². The van der Waals surface area contributed by atoms with Crippen LogP contribution in [0.4, 0.5) is 5.69 Å². The molecular formula is C28H27N3O5. The van der Waals surface area contributed by atoms with E-state index >= 15 is 0 Å². The lowest BCUT2D eigenvalue weighted by atomic mass is 10.1. The van der Waals surface area contributed by atoms with Gasteiger partial charge in [0.1, 0.15) is 17.4 Å². The molecule has 2 N–H and O–H groups in total. The number of hydrogen-bond acceptors (Lipinski definition) is 6. The van der Waals surface area contributed by atoms with E-state index in [-0.39, 0.29) is 18.1 Å². The molecule has 0 fully saturated rings. The highest BCUT2D eigenvalue weighted by atomic mass is 16.5. The second kappa shape index (κ2) is 13.2. The van der Waals surface area contributed by atoms with Crippen molar-refractivity contribution in [3.63, 3.8) is 0 Å². The van der Waals surface area contributed by atoms with Crippen molar-refractivity contribution in [2.45, 2.75) is 13.5 Å². The van der Waals surface area contributed by atoms with E-state index in [0.29, 0.717) is 41.7 Å². The van der Waals surface area contributed by atoms with Crippen molar-refractivity contribution in [2.24, 2.45) is 0 Å². The summed E-state index contributed by atoms with van der Waals surface area (Å²) in [7, 11) is 1.52. The minimum atomic E-state index is -0.479. The summed E-state index contributed by atoms with van der Waals surface area (Å²) in [6, 6.07) is 23.4. The Kier molecular flexibility index (Phi) is 9.48. The Hall–Kier alpha value is -4.77. The largest absolute Gasteiger partial charge is 0.495 e. The molecule has 8 heteroatoms. The molecule has 3 aromatic rings. The monoisotopic (exact) mass is 485 g/mol. The molecule has 3 rings (SSSR count). The fraction of sp³-hybridized carbons (Fsp3) is 0.179. The summed E-state index contributed by atoms with van der Waals surface area (Å²) in [5, 5.41) is 15.0. The van der Waals surface area contributed by atoms with Crippen molar-refractivity contribution in [1.29, 1.82) is 5.26 Å². The average Bonchev–Trinajstić information content (AvgIpc) is 2.91. The van der Waals surface area contributed by atoms with E-state index in [1.807, 2.05) is 43.3 Å². The van der Waals surface area contributed by atoms with Crippen LogP contribution in [0, 0.1) is 11.3 Å². The molecule has 36 heavy (non-hydrogen) atoms. The second-order valence-electron chi connectivity index (χ2n) is 7.51. The van der Waals surface area contributed by atoms with Crippen LogP contribution in [0.3, 0.4) is 0 Å². The number of ether oxygens (including phenoxy) is 3. The van der Waals surface area contributed by atoms with E-state index in [9.17, 15) is 14.9 Å². The molecule has 0 bridgehead atoms. The van der Waals surface area contributed by atoms with Gasteiger partial charge in [-0.2, -0.15) is 5.26 Å². The van der Waals surface area contributed by atoms with Crippen LogP contribution in [0.2, 0.25) is 0 Å². The number of nitrogens with zero attached hydrogens (tertiary/aromatic N) is 1. The molecule has 184 valence electrons. The molecule has 0 spiro atoms. The molecule has 0 unspecified atom stereocenters. The van der Waals surface area contributed by atoms with Gasteiger partial charge in [0.05, 0.1) is 19.4 Å². The van der Waals surface area contributed by atoms with Gasteiger partial charge in [-0.3, -0.25) is 9.59 Å². The van der Waals surface area contributed by atoms with Crippen LogP contribution in [0.5, 0.6) is 17.2 Å². The Morgan fingerprint density at radius 1 is 0.944 bits per heavy atom. The maximum Gasteiger partial charge on any atom is 0.262 e. The third-order valence-corrected chi connectivity index (χ3v) is 4.98. The zero-order valence-corrected chi connectivity index (χ0v) is 20.1. The highest BCUT2D eigenvalue weighted by Crippen LogP contribution is 2.30. The number of nitriles is 1. The molecule has 0 atom stereocenters. The first-order valence-corrected chi connectivity index (χ1v) is 11.3. The standard InChI is InChI=1S/C28H27N3O5/c1-3-35-26-16-21(15-22(17-29)28(33)30-18-20-9-5-4-6-10-20)13-14-25(26)36-19-27(32)31-23-11-7-8-12-24(23)34-2/h4-16H,3,18-19H2,1-2H3,(H,30,33)(H,31,32)/b22-15+. The lowest BCUT2D eigenvalue weighted by Crippen LogP contribution is -2.23. The van der Waals surface area contributed by atoms with Gasteiger partial charge in [0, 0.05) is 6.54 Å². The molecule has 0 saturated heterocycles. The number of para-hydroxylation sites is 2. The number of carbonyl (C=O) groups is 2. The van der Waals surface area contributed by atoms with Gasteiger partial charge in [0.25, 0.3) is 11.8 Å². The molecule has 2 amide bonds.